The predicted molar refractivity (Wildman–Crippen MR) is 78.9 cm³/mol. The molecule has 2 rings (SSSR count). The SMILES string of the molecule is CC(=O)COCCOc1ccc(-c2ccccc2)cc1. The minimum Gasteiger partial charge on any atom is -0.491 e. The fourth-order valence-corrected chi connectivity index (χ4v) is 1.81. The van der Waals surface area contributed by atoms with Crippen molar-refractivity contribution in [3.63, 3.8) is 0 Å². The molecule has 0 aliphatic rings. The molecule has 0 radical (unpaired) electrons. The number of ketones is 1. The van der Waals surface area contributed by atoms with Crippen molar-refractivity contribution in [3.8, 4) is 16.9 Å². The molecule has 104 valence electrons. The van der Waals surface area contributed by atoms with E-state index in [0.717, 1.165) is 11.3 Å². The maximum absolute atomic E-state index is 10.7. The molecule has 0 spiro atoms. The van der Waals surface area contributed by atoms with Crippen LogP contribution in [0.4, 0.5) is 0 Å². The van der Waals surface area contributed by atoms with Crippen LogP contribution in [0.2, 0.25) is 0 Å². The van der Waals surface area contributed by atoms with E-state index in [-0.39, 0.29) is 12.4 Å². The van der Waals surface area contributed by atoms with E-state index in [4.69, 9.17) is 9.47 Å². The van der Waals surface area contributed by atoms with Gasteiger partial charge in [-0.1, -0.05) is 42.5 Å². The van der Waals surface area contributed by atoms with Crippen molar-refractivity contribution in [1.29, 1.82) is 0 Å². The highest BCUT2D eigenvalue weighted by molar-refractivity contribution is 5.76. The molecule has 0 saturated heterocycles. The van der Waals surface area contributed by atoms with Gasteiger partial charge in [0.25, 0.3) is 0 Å². The summed E-state index contributed by atoms with van der Waals surface area (Å²) in [6.45, 7) is 2.51. The summed E-state index contributed by atoms with van der Waals surface area (Å²) in [4.78, 5) is 10.7. The highest BCUT2D eigenvalue weighted by atomic mass is 16.5. The van der Waals surface area contributed by atoms with Crippen molar-refractivity contribution < 1.29 is 14.3 Å². The van der Waals surface area contributed by atoms with Crippen LogP contribution in [0.1, 0.15) is 6.92 Å². The van der Waals surface area contributed by atoms with Crippen molar-refractivity contribution >= 4 is 5.78 Å². The van der Waals surface area contributed by atoms with Gasteiger partial charge in [-0.2, -0.15) is 0 Å². The van der Waals surface area contributed by atoms with Crippen LogP contribution in [0, 0.1) is 0 Å². The lowest BCUT2D eigenvalue weighted by atomic mass is 10.1. The van der Waals surface area contributed by atoms with Crippen molar-refractivity contribution in [1.82, 2.24) is 0 Å². The maximum atomic E-state index is 10.7. The summed E-state index contributed by atoms with van der Waals surface area (Å²) in [5.74, 6) is 0.827. The normalized spacial score (nSPS) is 10.2. The lowest BCUT2D eigenvalue weighted by molar-refractivity contribution is -0.121. The number of hydrogen-bond donors (Lipinski definition) is 0. The number of ether oxygens (including phenoxy) is 2. The number of hydrogen-bond acceptors (Lipinski definition) is 3. The highest BCUT2D eigenvalue weighted by Crippen LogP contribution is 2.21. The third-order valence-electron chi connectivity index (χ3n) is 2.76. The van der Waals surface area contributed by atoms with Crippen LogP contribution >= 0.6 is 0 Å². The standard InChI is InChI=1S/C17H18O3/c1-14(18)13-19-11-12-20-17-9-7-16(8-10-17)15-5-3-2-4-6-15/h2-10H,11-13H2,1H3. The van der Waals surface area contributed by atoms with Crippen LogP contribution in [0.15, 0.2) is 54.6 Å². The number of rotatable bonds is 7. The minimum atomic E-state index is 0.0252. The van der Waals surface area contributed by atoms with Gasteiger partial charge >= 0.3 is 0 Å². The Morgan fingerprint density at radius 1 is 0.900 bits per heavy atom. The molecule has 0 heterocycles. The van der Waals surface area contributed by atoms with Gasteiger partial charge in [-0.15, -0.1) is 0 Å². The van der Waals surface area contributed by atoms with E-state index in [1.165, 1.54) is 12.5 Å². The molecule has 0 aliphatic carbocycles. The van der Waals surface area contributed by atoms with Gasteiger partial charge < -0.3 is 9.47 Å². The number of carbonyl (C=O) groups excluding carboxylic acids is 1. The van der Waals surface area contributed by atoms with Gasteiger partial charge in [0.2, 0.25) is 0 Å². The monoisotopic (exact) mass is 270 g/mol. The zero-order chi connectivity index (χ0) is 14.2. The smallest absolute Gasteiger partial charge is 0.155 e. The number of Topliss-reactive ketones (excluding diaryl/α,β-unsaturated/α-hetero) is 1. The van der Waals surface area contributed by atoms with Crippen molar-refractivity contribution in [2.75, 3.05) is 19.8 Å². The number of benzene rings is 2. The topological polar surface area (TPSA) is 35.5 Å². The Hall–Kier alpha value is -2.13. The van der Waals surface area contributed by atoms with Crippen LogP contribution in [0.5, 0.6) is 5.75 Å². The van der Waals surface area contributed by atoms with Crippen LogP contribution < -0.4 is 4.74 Å². The fourth-order valence-electron chi connectivity index (χ4n) is 1.81. The molecule has 0 amide bonds. The van der Waals surface area contributed by atoms with Gasteiger partial charge in [0.05, 0.1) is 6.61 Å². The second-order valence-corrected chi connectivity index (χ2v) is 4.49. The van der Waals surface area contributed by atoms with Crippen LogP contribution in [0.3, 0.4) is 0 Å². The molecule has 0 unspecified atom stereocenters. The Balaban J connectivity index is 1.82. The quantitative estimate of drug-likeness (QED) is 0.724. The van der Waals surface area contributed by atoms with E-state index in [2.05, 4.69) is 12.1 Å². The Bertz CT molecular complexity index is 532. The summed E-state index contributed by atoms with van der Waals surface area (Å²) < 4.78 is 10.7. The summed E-state index contributed by atoms with van der Waals surface area (Å²) in [6.07, 6.45) is 0. The van der Waals surface area contributed by atoms with Crippen molar-refractivity contribution in [2.45, 2.75) is 6.92 Å². The third kappa shape index (κ3) is 4.52. The summed E-state index contributed by atoms with van der Waals surface area (Å²) >= 11 is 0. The number of carbonyl (C=O) groups is 1. The first-order valence-corrected chi connectivity index (χ1v) is 6.61. The molecule has 2 aromatic carbocycles. The van der Waals surface area contributed by atoms with Crippen molar-refractivity contribution in [3.05, 3.63) is 54.6 Å². The molecule has 0 N–H and O–H groups in total. The molecular weight excluding hydrogens is 252 g/mol. The zero-order valence-electron chi connectivity index (χ0n) is 11.5. The Kier molecular flexibility index (Phi) is 5.33. The third-order valence-corrected chi connectivity index (χ3v) is 2.76. The van der Waals surface area contributed by atoms with Gasteiger partial charge in [-0.25, -0.2) is 0 Å². The Labute approximate surface area is 119 Å². The van der Waals surface area contributed by atoms with E-state index >= 15 is 0 Å². The van der Waals surface area contributed by atoms with Crippen LogP contribution in [-0.2, 0) is 9.53 Å². The molecule has 3 heteroatoms. The van der Waals surface area contributed by atoms with Gasteiger partial charge in [0.15, 0.2) is 5.78 Å². The maximum Gasteiger partial charge on any atom is 0.155 e. The second-order valence-electron chi connectivity index (χ2n) is 4.49. The van der Waals surface area contributed by atoms with E-state index < -0.39 is 0 Å². The lowest BCUT2D eigenvalue weighted by Crippen LogP contribution is -2.11. The zero-order valence-corrected chi connectivity index (χ0v) is 11.5. The Morgan fingerprint density at radius 2 is 1.55 bits per heavy atom. The Morgan fingerprint density at radius 3 is 2.20 bits per heavy atom. The van der Waals surface area contributed by atoms with Crippen LogP contribution in [0.25, 0.3) is 11.1 Å². The van der Waals surface area contributed by atoms with Gasteiger partial charge in [-0.05, 0) is 30.2 Å². The first kappa shape index (κ1) is 14.3. The van der Waals surface area contributed by atoms with Gasteiger partial charge in [-0.3, -0.25) is 4.79 Å². The molecule has 0 saturated carbocycles. The second kappa shape index (κ2) is 7.46. The molecule has 2 aromatic rings. The summed E-state index contributed by atoms with van der Waals surface area (Å²) in [5, 5.41) is 0. The van der Waals surface area contributed by atoms with E-state index in [1.807, 2.05) is 42.5 Å². The summed E-state index contributed by atoms with van der Waals surface area (Å²) in [5.41, 5.74) is 2.34. The highest BCUT2D eigenvalue weighted by Gasteiger charge is 1.98. The van der Waals surface area contributed by atoms with Crippen molar-refractivity contribution in [2.24, 2.45) is 0 Å². The predicted octanol–water partition coefficient (Wildman–Crippen LogP) is 3.34. The lowest BCUT2D eigenvalue weighted by Gasteiger charge is -2.07. The molecule has 0 aliphatic heterocycles. The average Bonchev–Trinajstić information content (AvgIpc) is 2.48. The molecule has 3 nitrogen and oxygen atoms in total. The molecule has 0 aromatic heterocycles. The molecule has 0 bridgehead atoms. The van der Waals surface area contributed by atoms with Crippen LogP contribution in [-0.4, -0.2) is 25.6 Å². The summed E-state index contributed by atoms with van der Waals surface area (Å²) in [7, 11) is 0. The summed E-state index contributed by atoms with van der Waals surface area (Å²) in [6, 6.07) is 18.1. The van der Waals surface area contributed by atoms with E-state index in [9.17, 15) is 4.79 Å². The van der Waals surface area contributed by atoms with E-state index in [0.29, 0.717) is 13.2 Å². The molecule has 0 fully saturated rings. The molecule has 0 atom stereocenters. The largest absolute Gasteiger partial charge is 0.491 e. The van der Waals surface area contributed by atoms with E-state index in [1.54, 1.807) is 0 Å². The minimum absolute atomic E-state index is 0.0252. The first-order valence-electron chi connectivity index (χ1n) is 6.61. The molecular formula is C17H18O3. The fraction of sp³-hybridized carbons (Fsp3) is 0.235. The van der Waals surface area contributed by atoms with Gasteiger partial charge in [0, 0.05) is 0 Å². The molecule has 20 heavy (non-hydrogen) atoms. The first-order chi connectivity index (χ1) is 9.75. The van der Waals surface area contributed by atoms with Gasteiger partial charge in [0.1, 0.15) is 19.0 Å². The average molecular weight is 270 g/mol.